The number of anilines is 1. The summed E-state index contributed by atoms with van der Waals surface area (Å²) in [4.78, 5) is 19.9. The summed E-state index contributed by atoms with van der Waals surface area (Å²) in [5, 5.41) is 0. The van der Waals surface area contributed by atoms with Crippen LogP contribution in [0.5, 0.6) is 0 Å². The Morgan fingerprint density at radius 2 is 1.67 bits per heavy atom. The lowest BCUT2D eigenvalue weighted by molar-refractivity contribution is 0.251. The molecular weight excluding hydrogens is 336 g/mol. The molecule has 1 aliphatic heterocycles. The number of H-pyrrole nitrogens is 1. The number of nitrogens with one attached hydrogen (secondary N) is 1. The van der Waals surface area contributed by atoms with Crippen molar-refractivity contribution < 1.29 is 0 Å². The zero-order valence-corrected chi connectivity index (χ0v) is 16.3. The SMILES string of the molecule is C=Cc1[nH]c(=O)n(CCCCN2CCN(c3ccc(C)cc3)CC2)c1C=C. The van der Waals surface area contributed by atoms with Gasteiger partial charge in [0.25, 0.3) is 0 Å². The van der Waals surface area contributed by atoms with E-state index < -0.39 is 0 Å². The third-order valence-corrected chi connectivity index (χ3v) is 5.33. The van der Waals surface area contributed by atoms with Crippen LogP contribution in [-0.4, -0.2) is 47.2 Å². The maximum atomic E-state index is 12.1. The summed E-state index contributed by atoms with van der Waals surface area (Å²) in [5.74, 6) is 0. The number of aryl methyl sites for hydroxylation is 1. The predicted octanol–water partition coefficient (Wildman–Crippen LogP) is 3.37. The molecule has 0 aliphatic carbocycles. The van der Waals surface area contributed by atoms with E-state index in [1.54, 1.807) is 16.7 Å². The minimum absolute atomic E-state index is 0.0773. The minimum Gasteiger partial charge on any atom is -0.369 e. The lowest BCUT2D eigenvalue weighted by atomic mass is 10.2. The Balaban J connectivity index is 1.43. The van der Waals surface area contributed by atoms with Crippen molar-refractivity contribution in [1.82, 2.24) is 14.5 Å². The van der Waals surface area contributed by atoms with Gasteiger partial charge in [0.2, 0.25) is 0 Å². The van der Waals surface area contributed by atoms with Gasteiger partial charge in [-0.05, 0) is 50.6 Å². The number of unbranched alkanes of at least 4 members (excludes halogenated alkanes) is 1. The van der Waals surface area contributed by atoms with E-state index in [0.717, 1.165) is 57.0 Å². The molecule has 1 N–H and O–H groups in total. The number of aromatic amines is 1. The van der Waals surface area contributed by atoms with Crippen LogP contribution in [-0.2, 0) is 6.54 Å². The molecule has 5 nitrogen and oxygen atoms in total. The molecule has 27 heavy (non-hydrogen) atoms. The van der Waals surface area contributed by atoms with Crippen LogP contribution in [0, 0.1) is 6.92 Å². The van der Waals surface area contributed by atoms with Crippen LogP contribution in [0.15, 0.2) is 42.2 Å². The molecule has 0 unspecified atom stereocenters. The molecule has 0 spiro atoms. The van der Waals surface area contributed by atoms with E-state index in [1.807, 2.05) is 0 Å². The first kappa shape index (κ1) is 19.2. The van der Waals surface area contributed by atoms with Crippen molar-refractivity contribution in [2.24, 2.45) is 0 Å². The highest BCUT2D eigenvalue weighted by Crippen LogP contribution is 2.17. The van der Waals surface area contributed by atoms with Crippen LogP contribution < -0.4 is 10.6 Å². The van der Waals surface area contributed by atoms with Crippen LogP contribution in [0.4, 0.5) is 5.69 Å². The Labute approximate surface area is 161 Å². The quantitative estimate of drug-likeness (QED) is 0.729. The first-order valence-electron chi connectivity index (χ1n) is 9.74. The number of hydrogen-bond acceptors (Lipinski definition) is 3. The van der Waals surface area contributed by atoms with Gasteiger partial charge < -0.3 is 9.88 Å². The number of imidazole rings is 1. The fraction of sp³-hybridized carbons (Fsp3) is 0.409. The van der Waals surface area contributed by atoms with Gasteiger partial charge >= 0.3 is 5.69 Å². The van der Waals surface area contributed by atoms with Crippen LogP contribution in [0.25, 0.3) is 12.2 Å². The smallest absolute Gasteiger partial charge is 0.326 e. The third kappa shape index (κ3) is 4.61. The largest absolute Gasteiger partial charge is 0.369 e. The highest BCUT2D eigenvalue weighted by molar-refractivity contribution is 5.57. The normalized spacial score (nSPS) is 15.1. The van der Waals surface area contributed by atoms with Gasteiger partial charge in [-0.15, -0.1) is 0 Å². The molecule has 144 valence electrons. The van der Waals surface area contributed by atoms with Crippen LogP contribution >= 0.6 is 0 Å². The number of benzene rings is 1. The molecule has 0 saturated carbocycles. The predicted molar refractivity (Wildman–Crippen MR) is 114 cm³/mol. The number of hydrogen-bond donors (Lipinski definition) is 1. The van der Waals surface area contributed by atoms with Gasteiger partial charge in [-0.25, -0.2) is 4.79 Å². The van der Waals surface area contributed by atoms with Crippen molar-refractivity contribution in [3.63, 3.8) is 0 Å². The summed E-state index contributed by atoms with van der Waals surface area (Å²) in [6.45, 7) is 15.8. The molecule has 1 aromatic carbocycles. The summed E-state index contributed by atoms with van der Waals surface area (Å²) >= 11 is 0. The molecule has 3 rings (SSSR count). The van der Waals surface area contributed by atoms with E-state index in [2.05, 4.69) is 59.1 Å². The van der Waals surface area contributed by atoms with Crippen molar-refractivity contribution in [2.75, 3.05) is 37.6 Å². The van der Waals surface area contributed by atoms with Crippen LogP contribution in [0.3, 0.4) is 0 Å². The Hall–Kier alpha value is -2.53. The van der Waals surface area contributed by atoms with Crippen LogP contribution in [0.2, 0.25) is 0 Å². The average Bonchev–Trinajstić information content (AvgIpc) is 3.01. The fourth-order valence-electron chi connectivity index (χ4n) is 3.69. The van der Waals surface area contributed by atoms with Crippen molar-refractivity contribution in [2.45, 2.75) is 26.3 Å². The first-order chi connectivity index (χ1) is 13.1. The fourth-order valence-corrected chi connectivity index (χ4v) is 3.69. The number of rotatable bonds is 8. The molecule has 0 amide bonds. The third-order valence-electron chi connectivity index (χ3n) is 5.33. The Bertz CT molecular complexity index is 823. The first-order valence-corrected chi connectivity index (χ1v) is 9.74. The van der Waals surface area contributed by atoms with Gasteiger partial charge in [0, 0.05) is 38.4 Å². The summed E-state index contributed by atoms with van der Waals surface area (Å²) in [6.07, 6.45) is 5.46. The van der Waals surface area contributed by atoms with Gasteiger partial charge in [-0.2, -0.15) is 0 Å². The number of piperazine rings is 1. The summed E-state index contributed by atoms with van der Waals surface area (Å²) in [5.41, 5.74) is 4.14. The zero-order valence-electron chi connectivity index (χ0n) is 16.3. The second-order valence-electron chi connectivity index (χ2n) is 7.16. The molecule has 1 aromatic heterocycles. The Morgan fingerprint density at radius 1 is 1.00 bits per heavy atom. The number of nitrogens with zero attached hydrogens (tertiary/aromatic N) is 3. The Kier molecular flexibility index (Phi) is 6.35. The average molecular weight is 367 g/mol. The van der Waals surface area contributed by atoms with E-state index in [0.29, 0.717) is 6.54 Å². The molecule has 0 bridgehead atoms. The van der Waals surface area contributed by atoms with Gasteiger partial charge in [-0.1, -0.05) is 30.9 Å². The molecule has 1 saturated heterocycles. The highest BCUT2D eigenvalue weighted by atomic mass is 16.1. The van der Waals surface area contributed by atoms with Gasteiger partial charge in [0.05, 0.1) is 11.4 Å². The topological polar surface area (TPSA) is 44.3 Å². The van der Waals surface area contributed by atoms with Crippen LogP contribution in [0.1, 0.15) is 29.8 Å². The lowest BCUT2D eigenvalue weighted by Crippen LogP contribution is -2.46. The van der Waals surface area contributed by atoms with Gasteiger partial charge in [0.1, 0.15) is 0 Å². The molecule has 5 heteroatoms. The van der Waals surface area contributed by atoms with Crippen molar-refractivity contribution in [3.8, 4) is 0 Å². The van der Waals surface area contributed by atoms with Gasteiger partial charge in [0.15, 0.2) is 0 Å². The molecule has 0 atom stereocenters. The molecule has 2 heterocycles. The van der Waals surface area contributed by atoms with Gasteiger partial charge in [-0.3, -0.25) is 9.47 Å². The minimum atomic E-state index is -0.0773. The molecule has 0 radical (unpaired) electrons. The standard InChI is InChI=1S/C22H30N4O/c1-4-20-21(5-2)26(22(27)23-20)13-7-6-12-24-14-16-25(17-15-24)19-10-8-18(3)9-11-19/h4-5,8-11H,1-2,6-7,12-17H2,3H3,(H,23,27). The van der Waals surface area contributed by atoms with E-state index in [-0.39, 0.29) is 5.69 Å². The molecule has 1 fully saturated rings. The van der Waals surface area contributed by atoms with E-state index in [1.165, 1.54) is 11.3 Å². The molecule has 1 aliphatic rings. The lowest BCUT2D eigenvalue weighted by Gasteiger charge is -2.36. The van der Waals surface area contributed by atoms with E-state index >= 15 is 0 Å². The maximum absolute atomic E-state index is 12.1. The summed E-state index contributed by atoms with van der Waals surface area (Å²) < 4.78 is 1.76. The Morgan fingerprint density at radius 3 is 2.30 bits per heavy atom. The molecule has 2 aromatic rings. The van der Waals surface area contributed by atoms with Crippen molar-refractivity contribution >= 4 is 17.8 Å². The second kappa shape index (κ2) is 8.91. The summed E-state index contributed by atoms with van der Waals surface area (Å²) in [6, 6.07) is 8.79. The zero-order chi connectivity index (χ0) is 19.2. The van der Waals surface area contributed by atoms with Crippen molar-refractivity contribution in [1.29, 1.82) is 0 Å². The van der Waals surface area contributed by atoms with E-state index in [4.69, 9.17) is 0 Å². The number of aromatic nitrogens is 2. The maximum Gasteiger partial charge on any atom is 0.326 e. The molecular formula is C22H30N4O. The highest BCUT2D eigenvalue weighted by Gasteiger charge is 2.17. The second-order valence-corrected chi connectivity index (χ2v) is 7.16. The monoisotopic (exact) mass is 366 g/mol. The summed E-state index contributed by atoms with van der Waals surface area (Å²) in [7, 11) is 0. The van der Waals surface area contributed by atoms with E-state index in [9.17, 15) is 4.79 Å². The van der Waals surface area contributed by atoms with Crippen molar-refractivity contribution in [3.05, 3.63) is 64.9 Å².